The van der Waals surface area contributed by atoms with Crippen molar-refractivity contribution < 1.29 is 27.6 Å². The number of alkyl halides is 2. The Labute approximate surface area is 251 Å². The van der Waals surface area contributed by atoms with Gasteiger partial charge >= 0.3 is 0 Å². The van der Waals surface area contributed by atoms with Crippen LogP contribution < -0.4 is 16.0 Å². The van der Waals surface area contributed by atoms with E-state index in [9.17, 15) is 23.2 Å². The van der Waals surface area contributed by atoms with Gasteiger partial charge in [0.1, 0.15) is 11.2 Å². The number of rotatable bonds is 6. The Kier molecular flexibility index (Phi) is 7.06. The molecule has 2 aliphatic carbocycles. The molecule has 12 heteroatoms. The lowest BCUT2D eigenvalue weighted by molar-refractivity contribution is -0.138. The van der Waals surface area contributed by atoms with E-state index in [0.717, 1.165) is 0 Å². The lowest BCUT2D eigenvalue weighted by Gasteiger charge is -2.59. The molecule has 2 aromatic rings. The highest BCUT2D eigenvalue weighted by molar-refractivity contribution is 6.31. The van der Waals surface area contributed by atoms with E-state index in [0.29, 0.717) is 29.1 Å². The lowest BCUT2D eigenvalue weighted by Crippen LogP contribution is -2.70. The molecule has 2 aromatic carbocycles. The van der Waals surface area contributed by atoms with Crippen LogP contribution >= 0.6 is 23.2 Å². The van der Waals surface area contributed by atoms with Crippen LogP contribution in [0.25, 0.3) is 0 Å². The fourth-order valence-corrected chi connectivity index (χ4v) is 8.31. The molecule has 3 N–H and O–H groups in total. The summed E-state index contributed by atoms with van der Waals surface area (Å²) in [5, 5.41) is 9.33. The van der Waals surface area contributed by atoms with Gasteiger partial charge in [0.2, 0.25) is 17.7 Å². The van der Waals surface area contributed by atoms with E-state index in [1.165, 1.54) is 17.0 Å². The summed E-state index contributed by atoms with van der Waals surface area (Å²) >= 11 is 12.5. The molecule has 1 unspecified atom stereocenters. The van der Waals surface area contributed by atoms with Crippen LogP contribution in [-0.4, -0.2) is 67.7 Å². The molecule has 0 bridgehead atoms. The van der Waals surface area contributed by atoms with Crippen LogP contribution in [0.3, 0.4) is 0 Å². The first-order valence-corrected chi connectivity index (χ1v) is 14.6. The van der Waals surface area contributed by atoms with Crippen molar-refractivity contribution in [3.8, 4) is 0 Å². The molecular formula is C30H31Cl2F3N4O3. The first kappa shape index (κ1) is 29.3. The summed E-state index contributed by atoms with van der Waals surface area (Å²) in [7, 11) is 3.34. The number of carbonyl (C=O) groups is 3. The van der Waals surface area contributed by atoms with Gasteiger partial charge in [0.15, 0.2) is 0 Å². The number of halogens is 5. The number of hydrogen-bond acceptors (Lipinski definition) is 4. The topological polar surface area (TPSA) is 90.5 Å². The first-order chi connectivity index (χ1) is 19.9. The summed E-state index contributed by atoms with van der Waals surface area (Å²) in [4.78, 5) is 42.2. The predicted molar refractivity (Wildman–Crippen MR) is 153 cm³/mol. The van der Waals surface area contributed by atoms with Crippen molar-refractivity contribution in [1.29, 1.82) is 0 Å². The highest BCUT2D eigenvalue weighted by atomic mass is 35.5. The SMILES string of the molecule is CN(C)C(=O)C1CC(NC(=O)[C@@H]2NC3(CC(CF)(CF)C3)C3(C(=O)Nc4cc(Cl)ccc43)[C@H]2c2cccc(Cl)c2F)C1. The summed E-state index contributed by atoms with van der Waals surface area (Å²) in [6.07, 6.45) is 0.703. The third-order valence-electron chi connectivity index (χ3n) is 9.79. The van der Waals surface area contributed by atoms with E-state index in [4.69, 9.17) is 23.2 Å². The maximum Gasteiger partial charge on any atom is 0.238 e. The maximum atomic E-state index is 15.9. The van der Waals surface area contributed by atoms with Crippen LogP contribution in [0.15, 0.2) is 36.4 Å². The van der Waals surface area contributed by atoms with Crippen molar-refractivity contribution in [2.75, 3.05) is 32.8 Å². The number of fused-ring (bicyclic) bond motifs is 3. The van der Waals surface area contributed by atoms with Crippen molar-refractivity contribution in [1.82, 2.24) is 15.5 Å². The first-order valence-electron chi connectivity index (χ1n) is 13.9. The molecule has 7 nitrogen and oxygen atoms in total. The van der Waals surface area contributed by atoms with Crippen LogP contribution in [0.1, 0.15) is 42.7 Å². The highest BCUT2D eigenvalue weighted by Crippen LogP contribution is 2.68. The smallest absolute Gasteiger partial charge is 0.238 e. The number of anilines is 1. The summed E-state index contributed by atoms with van der Waals surface area (Å²) in [5.41, 5.74) is -3.33. The van der Waals surface area contributed by atoms with Crippen LogP contribution in [0.5, 0.6) is 0 Å². The molecule has 42 heavy (non-hydrogen) atoms. The van der Waals surface area contributed by atoms with Gasteiger partial charge in [-0.15, -0.1) is 0 Å². The van der Waals surface area contributed by atoms with E-state index >= 15 is 4.39 Å². The summed E-state index contributed by atoms with van der Waals surface area (Å²) in [6.45, 7) is -1.90. The van der Waals surface area contributed by atoms with Gasteiger partial charge in [-0.3, -0.25) is 28.5 Å². The molecule has 4 aliphatic rings. The fourth-order valence-electron chi connectivity index (χ4n) is 7.95. The van der Waals surface area contributed by atoms with Gasteiger partial charge in [0, 0.05) is 53.6 Å². The van der Waals surface area contributed by atoms with E-state index in [2.05, 4.69) is 16.0 Å². The molecule has 2 saturated carbocycles. The second-order valence-corrected chi connectivity index (χ2v) is 13.3. The van der Waals surface area contributed by atoms with E-state index < -0.39 is 59.3 Å². The van der Waals surface area contributed by atoms with E-state index in [1.54, 1.807) is 38.4 Å². The average Bonchev–Trinajstić information content (AvgIpc) is 3.38. The molecule has 0 aromatic heterocycles. The predicted octanol–water partition coefficient (Wildman–Crippen LogP) is 4.52. The second kappa shape index (κ2) is 10.1. The maximum absolute atomic E-state index is 15.9. The minimum Gasteiger partial charge on any atom is -0.352 e. The van der Waals surface area contributed by atoms with Gasteiger partial charge < -0.3 is 15.5 Å². The monoisotopic (exact) mass is 622 g/mol. The van der Waals surface area contributed by atoms with Crippen LogP contribution in [0, 0.1) is 17.2 Å². The zero-order valence-electron chi connectivity index (χ0n) is 23.1. The average molecular weight is 624 g/mol. The molecule has 224 valence electrons. The molecular weight excluding hydrogens is 592 g/mol. The van der Waals surface area contributed by atoms with Crippen molar-refractivity contribution in [2.24, 2.45) is 11.3 Å². The zero-order valence-corrected chi connectivity index (χ0v) is 24.6. The molecule has 1 saturated heterocycles. The van der Waals surface area contributed by atoms with E-state index in [-0.39, 0.29) is 41.3 Å². The van der Waals surface area contributed by atoms with Crippen molar-refractivity contribution in [3.05, 3.63) is 63.4 Å². The van der Waals surface area contributed by atoms with Crippen LogP contribution in [-0.2, 0) is 19.8 Å². The number of benzene rings is 2. The third kappa shape index (κ3) is 4.01. The molecule has 2 aliphatic heterocycles. The number of amides is 3. The number of nitrogens with zero attached hydrogens (tertiary/aromatic N) is 1. The Morgan fingerprint density at radius 2 is 1.79 bits per heavy atom. The molecule has 2 heterocycles. The summed E-state index contributed by atoms with van der Waals surface area (Å²) in [6, 6.07) is 7.77. The fraction of sp³-hybridized carbons (Fsp3) is 0.500. The number of nitrogens with one attached hydrogen (secondary N) is 3. The minimum atomic E-state index is -1.61. The summed E-state index contributed by atoms with van der Waals surface area (Å²) in [5.74, 6) is -3.17. The molecule has 6 rings (SSSR count). The highest BCUT2D eigenvalue weighted by Gasteiger charge is 2.78. The Hall–Kier alpha value is -2.82. The standard InChI is InChI=1S/C30H31Cl2F3N4O3/c1-39(2)26(41)15-8-17(9-15)36-25(40)24-22(18-4-3-5-20(32)23(18)35)30(29(38-24)11-28(12-29,13-33)14-34)19-7-6-16(31)10-21(19)37-27(30)42/h3-7,10,15,17,22,24,38H,8-9,11-14H2,1-2H3,(H,36,40)(H,37,42)/t15?,17?,22-,24+,30?/m0/s1. The molecule has 3 fully saturated rings. The Morgan fingerprint density at radius 1 is 1.10 bits per heavy atom. The normalized spacial score (nSPS) is 29.9. The van der Waals surface area contributed by atoms with Gasteiger partial charge in [-0.25, -0.2) is 4.39 Å². The third-order valence-corrected chi connectivity index (χ3v) is 10.3. The van der Waals surface area contributed by atoms with Gasteiger partial charge in [-0.1, -0.05) is 41.4 Å². The molecule has 3 atom stereocenters. The van der Waals surface area contributed by atoms with Crippen molar-refractivity contribution >= 4 is 46.6 Å². The molecule has 2 spiro atoms. The number of hydrogen-bond donors (Lipinski definition) is 3. The Morgan fingerprint density at radius 3 is 2.43 bits per heavy atom. The van der Waals surface area contributed by atoms with Gasteiger partial charge in [-0.05, 0) is 55.0 Å². The van der Waals surface area contributed by atoms with Gasteiger partial charge in [0.25, 0.3) is 0 Å². The van der Waals surface area contributed by atoms with Crippen molar-refractivity contribution in [3.63, 3.8) is 0 Å². The molecule has 3 amide bonds. The minimum absolute atomic E-state index is 0.0302. The zero-order chi connectivity index (χ0) is 30.2. The van der Waals surface area contributed by atoms with Gasteiger partial charge in [0.05, 0.1) is 24.4 Å². The summed E-state index contributed by atoms with van der Waals surface area (Å²) < 4.78 is 44.4. The Balaban J connectivity index is 1.47. The quantitative estimate of drug-likeness (QED) is 0.442. The Bertz CT molecular complexity index is 1470. The molecule has 0 radical (unpaired) electrons. The second-order valence-electron chi connectivity index (χ2n) is 12.5. The number of carbonyl (C=O) groups excluding carboxylic acids is 3. The van der Waals surface area contributed by atoms with E-state index in [1.807, 2.05) is 0 Å². The largest absolute Gasteiger partial charge is 0.352 e. The van der Waals surface area contributed by atoms with Gasteiger partial charge in [-0.2, -0.15) is 0 Å². The van der Waals surface area contributed by atoms with Crippen LogP contribution in [0.4, 0.5) is 18.9 Å². The van der Waals surface area contributed by atoms with Crippen LogP contribution in [0.2, 0.25) is 10.0 Å². The lowest BCUT2D eigenvalue weighted by atomic mass is 9.46. The van der Waals surface area contributed by atoms with Crippen molar-refractivity contribution in [2.45, 2.75) is 54.6 Å².